The van der Waals surface area contributed by atoms with Crippen LogP contribution in [-0.2, 0) is 14.4 Å². The lowest BCUT2D eigenvalue weighted by Crippen LogP contribution is -2.57. The molecule has 4 N–H and O–H groups in total. The summed E-state index contributed by atoms with van der Waals surface area (Å²) in [5.74, 6) is -0.120. The maximum atomic E-state index is 13.8. The number of thioether (sulfide) groups is 1. The normalized spacial score (nSPS) is 31.0. The van der Waals surface area contributed by atoms with Crippen molar-refractivity contribution in [2.24, 2.45) is 11.1 Å². The maximum absolute atomic E-state index is 13.8. The van der Waals surface area contributed by atoms with Crippen LogP contribution in [-0.4, -0.2) is 65.0 Å². The number of likely N-dealkylation sites (N-methyl/N-ethyl adjacent to an activating group) is 1. The molecule has 1 aromatic carbocycles. The molecule has 1 aromatic rings. The first-order valence-corrected chi connectivity index (χ1v) is 13.0. The number of nitrogens with zero attached hydrogens (tertiary/aromatic N) is 1. The summed E-state index contributed by atoms with van der Waals surface area (Å²) in [6, 6.07) is 3.70. The van der Waals surface area contributed by atoms with E-state index in [9.17, 15) is 14.4 Å². The summed E-state index contributed by atoms with van der Waals surface area (Å²) >= 11 is 8.03. The molecule has 186 valence electrons. The van der Waals surface area contributed by atoms with Crippen LogP contribution >= 0.6 is 23.4 Å². The summed E-state index contributed by atoms with van der Waals surface area (Å²) in [6.45, 7) is 6.26. The molecule has 34 heavy (non-hydrogen) atoms. The van der Waals surface area contributed by atoms with Crippen molar-refractivity contribution in [3.05, 3.63) is 28.8 Å². The van der Waals surface area contributed by atoms with Crippen LogP contribution in [0.25, 0.3) is 0 Å². The van der Waals surface area contributed by atoms with E-state index in [1.165, 1.54) is 0 Å². The molecule has 4 unspecified atom stereocenters. The van der Waals surface area contributed by atoms with Gasteiger partial charge in [0.2, 0.25) is 17.7 Å². The Hall–Kier alpha value is -1.97. The first-order valence-electron chi connectivity index (χ1n) is 11.7. The quantitative estimate of drug-likeness (QED) is 0.562. The molecule has 10 heteroatoms. The number of rotatable bonds is 5. The molecule has 0 spiro atoms. The number of carbonyl (C=O) groups excluding carboxylic acids is 3. The van der Waals surface area contributed by atoms with E-state index in [-0.39, 0.29) is 28.4 Å². The number of hydrogen-bond acceptors (Lipinski definition) is 6. The molecular formula is C24H33ClN4O4S. The van der Waals surface area contributed by atoms with E-state index in [0.29, 0.717) is 24.5 Å². The van der Waals surface area contributed by atoms with Crippen LogP contribution in [0, 0.1) is 5.41 Å². The molecule has 0 radical (unpaired) electrons. The minimum atomic E-state index is -0.757. The molecule has 3 aliphatic heterocycles. The van der Waals surface area contributed by atoms with E-state index in [1.54, 1.807) is 30.6 Å². The van der Waals surface area contributed by atoms with Gasteiger partial charge in [-0.25, -0.2) is 0 Å². The standard InChI is InChI=1S/C24H33ClN4O4S/c1-12(27-4)22(31)28-16-10-18(14-7-8-33-17-6-5-13(25)9-15(14)17)34-19-11-24(2,3)20(21(26)30)29(19)23(16)32/h5-6,9,12,14,16,18-20,27H,7-8,10-11H2,1-4H3,(H2,26,30)(H,28,31)/t12-,14+,16?,18?,19?,20?/m0/s1. The fourth-order valence-corrected chi connectivity index (χ4v) is 7.71. The highest BCUT2D eigenvalue weighted by Crippen LogP contribution is 2.52. The van der Waals surface area contributed by atoms with E-state index in [4.69, 9.17) is 22.1 Å². The molecule has 6 atom stereocenters. The number of primary amides is 1. The molecule has 0 saturated carbocycles. The molecule has 3 aliphatic rings. The van der Waals surface area contributed by atoms with Crippen molar-refractivity contribution < 1.29 is 19.1 Å². The number of benzene rings is 1. The zero-order valence-corrected chi connectivity index (χ0v) is 21.5. The summed E-state index contributed by atoms with van der Waals surface area (Å²) in [7, 11) is 1.70. The molecule has 2 saturated heterocycles. The molecule has 3 heterocycles. The highest BCUT2D eigenvalue weighted by Gasteiger charge is 2.55. The second-order valence-electron chi connectivity index (χ2n) is 10.1. The van der Waals surface area contributed by atoms with Crippen LogP contribution in [0.5, 0.6) is 5.75 Å². The Kier molecular flexibility index (Phi) is 7.09. The number of ether oxygens (including phenoxy) is 1. The summed E-state index contributed by atoms with van der Waals surface area (Å²) in [5.41, 5.74) is 6.35. The Morgan fingerprint density at radius 1 is 1.35 bits per heavy atom. The Balaban J connectivity index is 1.73. The van der Waals surface area contributed by atoms with Crippen molar-refractivity contribution >= 4 is 41.1 Å². The molecule has 0 aromatic heterocycles. The van der Waals surface area contributed by atoms with E-state index in [2.05, 4.69) is 10.6 Å². The highest BCUT2D eigenvalue weighted by molar-refractivity contribution is 8.00. The third-order valence-corrected chi connectivity index (χ3v) is 9.11. The zero-order chi connectivity index (χ0) is 24.8. The third kappa shape index (κ3) is 4.62. The van der Waals surface area contributed by atoms with E-state index in [0.717, 1.165) is 17.7 Å². The monoisotopic (exact) mass is 508 g/mol. The molecular weight excluding hydrogens is 476 g/mol. The summed E-state index contributed by atoms with van der Waals surface area (Å²) < 4.78 is 5.87. The summed E-state index contributed by atoms with van der Waals surface area (Å²) in [4.78, 5) is 40.7. The van der Waals surface area contributed by atoms with Gasteiger partial charge < -0.3 is 26.0 Å². The van der Waals surface area contributed by atoms with Crippen molar-refractivity contribution in [1.29, 1.82) is 0 Å². The van der Waals surface area contributed by atoms with Gasteiger partial charge in [0.15, 0.2) is 0 Å². The fraction of sp³-hybridized carbons (Fsp3) is 0.625. The zero-order valence-electron chi connectivity index (χ0n) is 20.0. The number of nitrogens with two attached hydrogens (primary N) is 1. The Labute approximate surface area is 209 Å². The first-order chi connectivity index (χ1) is 16.0. The van der Waals surface area contributed by atoms with Crippen LogP contribution in [0.1, 0.15) is 51.5 Å². The van der Waals surface area contributed by atoms with Crippen molar-refractivity contribution in [3.8, 4) is 5.75 Å². The van der Waals surface area contributed by atoms with Gasteiger partial charge >= 0.3 is 0 Å². The molecule has 3 amide bonds. The SMILES string of the molecule is CN[C@@H](C)C(=O)NC1CC([C@@H]2CCOc3ccc(Cl)cc32)SC2CC(C)(C)C(C(N)=O)N2C1=O. The van der Waals surface area contributed by atoms with E-state index >= 15 is 0 Å². The second kappa shape index (κ2) is 9.59. The average molecular weight is 509 g/mol. The van der Waals surface area contributed by atoms with Crippen LogP contribution in [0.2, 0.25) is 5.02 Å². The predicted octanol–water partition coefficient (Wildman–Crippen LogP) is 2.24. The van der Waals surface area contributed by atoms with E-state index in [1.807, 2.05) is 32.0 Å². The average Bonchev–Trinajstić information content (AvgIpc) is 2.99. The minimum Gasteiger partial charge on any atom is -0.493 e. The topological polar surface area (TPSA) is 114 Å². The van der Waals surface area contributed by atoms with Gasteiger partial charge in [0, 0.05) is 16.2 Å². The Morgan fingerprint density at radius 2 is 2.09 bits per heavy atom. The van der Waals surface area contributed by atoms with Gasteiger partial charge in [-0.1, -0.05) is 25.4 Å². The minimum absolute atomic E-state index is 0.0117. The number of nitrogens with one attached hydrogen (secondary N) is 2. The van der Waals surface area contributed by atoms with Gasteiger partial charge in [-0.05, 0) is 62.4 Å². The Bertz CT molecular complexity index is 990. The van der Waals surface area contributed by atoms with Crippen molar-refractivity contribution in [3.63, 3.8) is 0 Å². The van der Waals surface area contributed by atoms with Gasteiger partial charge in [-0.15, -0.1) is 11.8 Å². The predicted molar refractivity (Wildman–Crippen MR) is 133 cm³/mol. The van der Waals surface area contributed by atoms with Crippen molar-refractivity contribution in [2.75, 3.05) is 13.7 Å². The fourth-order valence-electron chi connectivity index (χ4n) is 5.46. The lowest BCUT2D eigenvalue weighted by atomic mass is 9.84. The lowest BCUT2D eigenvalue weighted by Gasteiger charge is -2.33. The van der Waals surface area contributed by atoms with Crippen LogP contribution < -0.4 is 21.1 Å². The van der Waals surface area contributed by atoms with E-state index < -0.39 is 29.4 Å². The van der Waals surface area contributed by atoms with Gasteiger partial charge in [-0.2, -0.15) is 0 Å². The molecule has 0 bridgehead atoms. The number of fused-ring (bicyclic) bond motifs is 2. The summed E-state index contributed by atoms with van der Waals surface area (Å²) in [6.07, 6.45) is 1.87. The lowest BCUT2D eigenvalue weighted by molar-refractivity contribution is -0.142. The van der Waals surface area contributed by atoms with Crippen molar-refractivity contribution in [2.45, 2.75) is 74.7 Å². The maximum Gasteiger partial charge on any atom is 0.246 e. The van der Waals surface area contributed by atoms with Crippen LogP contribution in [0.4, 0.5) is 0 Å². The Morgan fingerprint density at radius 3 is 2.76 bits per heavy atom. The van der Waals surface area contributed by atoms with Crippen LogP contribution in [0.15, 0.2) is 18.2 Å². The number of carbonyl (C=O) groups is 3. The number of amides is 3. The van der Waals surface area contributed by atoms with Gasteiger partial charge in [-0.3, -0.25) is 14.4 Å². The smallest absolute Gasteiger partial charge is 0.246 e. The van der Waals surface area contributed by atoms with Crippen LogP contribution in [0.3, 0.4) is 0 Å². The van der Waals surface area contributed by atoms with Crippen molar-refractivity contribution in [1.82, 2.24) is 15.5 Å². The third-order valence-electron chi connectivity index (χ3n) is 7.30. The van der Waals surface area contributed by atoms with Gasteiger partial charge in [0.05, 0.1) is 18.0 Å². The largest absolute Gasteiger partial charge is 0.493 e. The number of halogens is 1. The number of hydrogen-bond donors (Lipinski definition) is 3. The molecule has 0 aliphatic carbocycles. The highest BCUT2D eigenvalue weighted by atomic mass is 35.5. The molecule has 8 nitrogen and oxygen atoms in total. The van der Waals surface area contributed by atoms with Gasteiger partial charge in [0.1, 0.15) is 17.8 Å². The second-order valence-corrected chi connectivity index (χ2v) is 12.0. The molecule has 4 rings (SSSR count). The molecule has 2 fully saturated rings. The van der Waals surface area contributed by atoms with Gasteiger partial charge in [0.25, 0.3) is 0 Å². The summed E-state index contributed by atoms with van der Waals surface area (Å²) in [5, 5.41) is 6.30. The first kappa shape index (κ1) is 25.1.